The lowest BCUT2D eigenvalue weighted by Crippen LogP contribution is -2.24. The van der Waals surface area contributed by atoms with Crippen LogP contribution < -0.4 is 14.8 Å². The number of rotatable bonds is 6. The largest absolute Gasteiger partial charge is 0.490 e. The Morgan fingerprint density at radius 1 is 1.30 bits per heavy atom. The molecule has 20 heavy (non-hydrogen) atoms. The number of hydrogen-bond acceptors (Lipinski definition) is 5. The lowest BCUT2D eigenvalue weighted by molar-refractivity contribution is -0.136. The van der Waals surface area contributed by atoms with Crippen LogP contribution in [0.4, 0.5) is 0 Å². The minimum atomic E-state index is -0.859. The summed E-state index contributed by atoms with van der Waals surface area (Å²) in [5, 5.41) is 21.5. The van der Waals surface area contributed by atoms with Gasteiger partial charge in [0.2, 0.25) is 0 Å². The van der Waals surface area contributed by atoms with E-state index < -0.39 is 12.1 Å². The Morgan fingerprint density at radius 3 is 2.80 bits per heavy atom. The highest BCUT2D eigenvalue weighted by Crippen LogP contribution is 2.32. The SMILES string of the molecule is O=C(O)CCNCC(O)c1ccc2c(c1)OCCCO2. The molecular formula is C14H19NO5. The number of aliphatic hydroxyl groups excluding tert-OH is 1. The van der Waals surface area contributed by atoms with Gasteiger partial charge in [-0.3, -0.25) is 4.79 Å². The zero-order chi connectivity index (χ0) is 14.4. The van der Waals surface area contributed by atoms with Gasteiger partial charge in [0.25, 0.3) is 0 Å². The van der Waals surface area contributed by atoms with Gasteiger partial charge in [-0.05, 0) is 17.7 Å². The summed E-state index contributed by atoms with van der Waals surface area (Å²) in [5.41, 5.74) is 0.720. The average Bonchev–Trinajstić information content (AvgIpc) is 2.67. The molecule has 3 N–H and O–H groups in total. The van der Waals surface area contributed by atoms with Gasteiger partial charge in [0.05, 0.1) is 25.7 Å². The van der Waals surface area contributed by atoms with Gasteiger partial charge in [-0.25, -0.2) is 0 Å². The van der Waals surface area contributed by atoms with Crippen molar-refractivity contribution in [1.82, 2.24) is 5.32 Å². The summed E-state index contributed by atoms with van der Waals surface area (Å²) in [6.07, 6.45) is 0.165. The second-order valence-corrected chi connectivity index (χ2v) is 4.62. The maximum Gasteiger partial charge on any atom is 0.304 e. The highest BCUT2D eigenvalue weighted by Gasteiger charge is 2.14. The van der Waals surface area contributed by atoms with Gasteiger partial charge < -0.3 is 25.0 Å². The topological polar surface area (TPSA) is 88.0 Å². The molecule has 1 aromatic rings. The Kier molecular flexibility index (Phi) is 5.20. The van der Waals surface area contributed by atoms with Crippen molar-refractivity contribution in [3.63, 3.8) is 0 Å². The fourth-order valence-electron chi connectivity index (χ4n) is 1.94. The molecular weight excluding hydrogens is 262 g/mol. The Hall–Kier alpha value is -1.79. The molecule has 1 aromatic carbocycles. The van der Waals surface area contributed by atoms with Crippen LogP contribution in [-0.4, -0.2) is 42.5 Å². The quantitative estimate of drug-likeness (QED) is 0.673. The van der Waals surface area contributed by atoms with E-state index in [0.717, 1.165) is 12.0 Å². The van der Waals surface area contributed by atoms with E-state index in [0.29, 0.717) is 37.8 Å². The third kappa shape index (κ3) is 4.11. The number of carbonyl (C=O) groups is 1. The molecule has 0 saturated heterocycles. The Labute approximate surface area is 117 Å². The average molecular weight is 281 g/mol. The predicted molar refractivity (Wildman–Crippen MR) is 72.1 cm³/mol. The van der Waals surface area contributed by atoms with Gasteiger partial charge in [-0.1, -0.05) is 6.07 Å². The Balaban J connectivity index is 1.91. The maximum atomic E-state index is 10.4. The van der Waals surface area contributed by atoms with Crippen LogP contribution in [0.1, 0.15) is 24.5 Å². The summed E-state index contributed by atoms with van der Waals surface area (Å²) in [4.78, 5) is 10.4. The summed E-state index contributed by atoms with van der Waals surface area (Å²) >= 11 is 0. The monoisotopic (exact) mass is 281 g/mol. The third-order valence-electron chi connectivity index (χ3n) is 3.01. The van der Waals surface area contributed by atoms with E-state index in [9.17, 15) is 9.90 Å². The first-order valence-corrected chi connectivity index (χ1v) is 6.67. The number of aliphatic carboxylic acids is 1. The molecule has 0 aromatic heterocycles. The molecule has 1 aliphatic rings. The predicted octanol–water partition coefficient (Wildman–Crippen LogP) is 0.946. The highest BCUT2D eigenvalue weighted by atomic mass is 16.5. The molecule has 1 atom stereocenters. The van der Waals surface area contributed by atoms with Gasteiger partial charge in [0.15, 0.2) is 11.5 Å². The molecule has 6 nitrogen and oxygen atoms in total. The number of ether oxygens (including phenoxy) is 2. The van der Waals surface area contributed by atoms with Crippen LogP contribution in [-0.2, 0) is 4.79 Å². The molecule has 6 heteroatoms. The van der Waals surface area contributed by atoms with E-state index in [-0.39, 0.29) is 6.42 Å². The highest BCUT2D eigenvalue weighted by molar-refractivity contribution is 5.66. The molecule has 0 radical (unpaired) electrons. The van der Waals surface area contributed by atoms with Gasteiger partial charge in [0.1, 0.15) is 0 Å². The number of carboxylic acids is 1. The molecule has 0 bridgehead atoms. The molecule has 1 unspecified atom stereocenters. The fraction of sp³-hybridized carbons (Fsp3) is 0.500. The van der Waals surface area contributed by atoms with Crippen LogP contribution in [0.25, 0.3) is 0 Å². The van der Waals surface area contributed by atoms with Crippen LogP contribution in [0, 0.1) is 0 Å². The van der Waals surface area contributed by atoms with Crippen molar-refractivity contribution in [3.8, 4) is 11.5 Å². The summed E-state index contributed by atoms with van der Waals surface area (Å²) < 4.78 is 11.1. The zero-order valence-corrected chi connectivity index (χ0v) is 11.2. The molecule has 0 spiro atoms. The van der Waals surface area contributed by atoms with E-state index in [1.165, 1.54) is 0 Å². The zero-order valence-electron chi connectivity index (χ0n) is 11.2. The number of hydrogen-bond donors (Lipinski definition) is 3. The molecule has 0 aliphatic carbocycles. The molecule has 1 heterocycles. The van der Waals surface area contributed by atoms with Crippen molar-refractivity contribution in [2.75, 3.05) is 26.3 Å². The lowest BCUT2D eigenvalue weighted by atomic mass is 10.1. The molecule has 110 valence electrons. The second kappa shape index (κ2) is 7.12. The van der Waals surface area contributed by atoms with Crippen molar-refractivity contribution < 1.29 is 24.5 Å². The summed E-state index contributed by atoms with van der Waals surface area (Å²) in [7, 11) is 0. The minimum Gasteiger partial charge on any atom is -0.490 e. The van der Waals surface area contributed by atoms with E-state index >= 15 is 0 Å². The molecule has 0 saturated carbocycles. The summed E-state index contributed by atoms with van der Waals surface area (Å²) in [5.74, 6) is 0.476. The van der Waals surface area contributed by atoms with Gasteiger partial charge in [-0.2, -0.15) is 0 Å². The number of benzene rings is 1. The number of fused-ring (bicyclic) bond motifs is 1. The number of aliphatic hydroxyl groups is 1. The Morgan fingerprint density at radius 2 is 2.05 bits per heavy atom. The van der Waals surface area contributed by atoms with E-state index in [1.54, 1.807) is 18.2 Å². The minimum absolute atomic E-state index is 0.0356. The first-order chi connectivity index (χ1) is 9.66. The van der Waals surface area contributed by atoms with E-state index in [2.05, 4.69) is 5.32 Å². The van der Waals surface area contributed by atoms with Gasteiger partial charge in [0, 0.05) is 19.5 Å². The summed E-state index contributed by atoms with van der Waals surface area (Å²) in [6.45, 7) is 1.86. The molecule has 0 fully saturated rings. The Bertz CT molecular complexity index is 463. The first-order valence-electron chi connectivity index (χ1n) is 6.67. The van der Waals surface area contributed by atoms with Crippen molar-refractivity contribution in [2.45, 2.75) is 18.9 Å². The molecule has 2 rings (SSSR count). The van der Waals surface area contributed by atoms with Crippen LogP contribution in [0.15, 0.2) is 18.2 Å². The third-order valence-corrected chi connectivity index (χ3v) is 3.01. The van der Waals surface area contributed by atoms with Crippen molar-refractivity contribution >= 4 is 5.97 Å². The van der Waals surface area contributed by atoms with Crippen LogP contribution in [0.3, 0.4) is 0 Å². The van der Waals surface area contributed by atoms with Crippen LogP contribution in [0.2, 0.25) is 0 Å². The van der Waals surface area contributed by atoms with E-state index in [1.807, 2.05) is 0 Å². The van der Waals surface area contributed by atoms with E-state index in [4.69, 9.17) is 14.6 Å². The van der Waals surface area contributed by atoms with Gasteiger partial charge >= 0.3 is 5.97 Å². The lowest BCUT2D eigenvalue weighted by Gasteiger charge is -2.14. The molecule has 0 amide bonds. The van der Waals surface area contributed by atoms with Crippen LogP contribution in [0.5, 0.6) is 11.5 Å². The standard InChI is InChI=1S/C14H19NO5/c16-11(9-15-5-4-14(17)18)10-2-3-12-13(8-10)20-7-1-6-19-12/h2-3,8,11,15-16H,1,4-7,9H2,(H,17,18). The smallest absolute Gasteiger partial charge is 0.304 e. The maximum absolute atomic E-state index is 10.4. The van der Waals surface area contributed by atoms with Crippen LogP contribution >= 0.6 is 0 Å². The first kappa shape index (κ1) is 14.6. The molecule has 1 aliphatic heterocycles. The van der Waals surface area contributed by atoms with Crippen molar-refractivity contribution in [2.24, 2.45) is 0 Å². The van der Waals surface area contributed by atoms with Crippen molar-refractivity contribution in [3.05, 3.63) is 23.8 Å². The number of nitrogens with one attached hydrogen (secondary N) is 1. The summed E-state index contributed by atoms with van der Waals surface area (Å²) in [6, 6.07) is 5.34. The second-order valence-electron chi connectivity index (χ2n) is 4.62. The van der Waals surface area contributed by atoms with Gasteiger partial charge in [-0.15, -0.1) is 0 Å². The normalized spacial score (nSPS) is 15.4. The number of carboxylic acid groups (broad SMARTS) is 1. The van der Waals surface area contributed by atoms with Crippen molar-refractivity contribution in [1.29, 1.82) is 0 Å². The fourth-order valence-corrected chi connectivity index (χ4v) is 1.94.